The Morgan fingerprint density at radius 3 is 2.47 bits per heavy atom. The Morgan fingerprint density at radius 1 is 1.12 bits per heavy atom. The zero-order chi connectivity index (χ0) is 22.9. The lowest BCUT2D eigenvalue weighted by Gasteiger charge is -2.39. The van der Waals surface area contributed by atoms with Crippen LogP contribution in [0.2, 0.25) is 0 Å². The largest absolute Gasteiger partial charge is 0.348 e. The minimum Gasteiger partial charge on any atom is -0.348 e. The van der Waals surface area contributed by atoms with Crippen molar-refractivity contribution >= 4 is 17.7 Å². The first-order valence-electron chi connectivity index (χ1n) is 10.9. The van der Waals surface area contributed by atoms with Gasteiger partial charge in [-0.25, -0.2) is 4.39 Å². The second-order valence-electron chi connectivity index (χ2n) is 9.29. The van der Waals surface area contributed by atoms with E-state index >= 15 is 0 Å². The van der Waals surface area contributed by atoms with Gasteiger partial charge in [0.2, 0.25) is 11.8 Å². The summed E-state index contributed by atoms with van der Waals surface area (Å²) in [7, 11) is 0. The molecule has 0 bridgehead atoms. The maximum atomic E-state index is 13.5. The Labute approximate surface area is 187 Å². The third-order valence-electron chi connectivity index (χ3n) is 6.51. The smallest absolute Gasteiger partial charge is 0.252 e. The third-order valence-corrected chi connectivity index (χ3v) is 6.51. The Bertz CT molecular complexity index is 1020. The number of piperidine rings is 1. The molecule has 0 unspecified atom stereocenters. The van der Waals surface area contributed by atoms with Crippen molar-refractivity contribution in [2.45, 2.75) is 50.1 Å². The number of nitrogens with zero attached hydrogens (tertiary/aromatic N) is 1. The van der Waals surface area contributed by atoms with Crippen molar-refractivity contribution in [2.75, 3.05) is 13.1 Å². The van der Waals surface area contributed by atoms with E-state index in [0.717, 1.165) is 18.4 Å². The maximum Gasteiger partial charge on any atom is 0.252 e. The summed E-state index contributed by atoms with van der Waals surface area (Å²) in [6, 6.07) is 15.0. The van der Waals surface area contributed by atoms with Crippen LogP contribution >= 0.6 is 0 Å². The van der Waals surface area contributed by atoms with Crippen LogP contribution < -0.4 is 10.6 Å². The zero-order valence-electron chi connectivity index (χ0n) is 18.4. The second kappa shape index (κ2) is 8.37. The van der Waals surface area contributed by atoms with Gasteiger partial charge in [0, 0.05) is 31.0 Å². The number of carbonyl (C=O) groups excluding carboxylic acids is 3. The molecule has 2 aromatic rings. The van der Waals surface area contributed by atoms with Gasteiger partial charge >= 0.3 is 0 Å². The van der Waals surface area contributed by atoms with Crippen molar-refractivity contribution in [3.05, 3.63) is 71.5 Å². The highest BCUT2D eigenvalue weighted by Crippen LogP contribution is 2.42. The van der Waals surface area contributed by atoms with Gasteiger partial charge in [0.05, 0.1) is 5.54 Å². The van der Waals surface area contributed by atoms with E-state index < -0.39 is 11.1 Å². The predicted molar refractivity (Wildman–Crippen MR) is 118 cm³/mol. The number of amides is 3. The Morgan fingerprint density at radius 2 is 1.81 bits per heavy atom. The molecule has 4 rings (SSSR count). The number of carbonyl (C=O) groups is 3. The fourth-order valence-corrected chi connectivity index (χ4v) is 4.93. The summed E-state index contributed by atoms with van der Waals surface area (Å²) in [6.07, 6.45) is 1.94. The van der Waals surface area contributed by atoms with Gasteiger partial charge in [-0.2, -0.15) is 0 Å². The highest BCUT2D eigenvalue weighted by atomic mass is 19.1. The third kappa shape index (κ3) is 4.24. The molecule has 2 aliphatic rings. The molecule has 6 nitrogen and oxygen atoms in total. The molecule has 2 aliphatic heterocycles. The van der Waals surface area contributed by atoms with E-state index in [1.807, 2.05) is 6.07 Å². The summed E-state index contributed by atoms with van der Waals surface area (Å²) in [6.45, 7) is 4.11. The summed E-state index contributed by atoms with van der Waals surface area (Å²) in [5.41, 5.74) is -0.364. The summed E-state index contributed by atoms with van der Waals surface area (Å²) >= 11 is 0. The molecule has 2 fully saturated rings. The van der Waals surface area contributed by atoms with Crippen molar-refractivity contribution in [3.8, 4) is 0 Å². The van der Waals surface area contributed by atoms with Gasteiger partial charge in [0.1, 0.15) is 11.4 Å². The van der Waals surface area contributed by atoms with Gasteiger partial charge in [-0.05, 0) is 56.5 Å². The molecule has 2 N–H and O–H groups in total. The maximum absolute atomic E-state index is 13.5. The molecular weight excluding hydrogens is 409 g/mol. The van der Waals surface area contributed by atoms with Crippen molar-refractivity contribution < 1.29 is 18.8 Å². The van der Waals surface area contributed by atoms with Crippen molar-refractivity contribution in [2.24, 2.45) is 0 Å². The predicted octanol–water partition coefficient (Wildman–Crippen LogP) is 3.00. The molecule has 0 saturated carbocycles. The molecule has 2 saturated heterocycles. The van der Waals surface area contributed by atoms with E-state index in [-0.39, 0.29) is 29.5 Å². The zero-order valence-corrected chi connectivity index (χ0v) is 18.4. The van der Waals surface area contributed by atoms with Gasteiger partial charge in [0.25, 0.3) is 5.91 Å². The number of rotatable bonds is 4. The van der Waals surface area contributed by atoms with Gasteiger partial charge in [-0.15, -0.1) is 0 Å². The van der Waals surface area contributed by atoms with E-state index in [4.69, 9.17) is 0 Å². The molecule has 2 heterocycles. The van der Waals surface area contributed by atoms with Crippen LogP contribution in [0.25, 0.3) is 0 Å². The van der Waals surface area contributed by atoms with Crippen LogP contribution in [0.4, 0.5) is 4.39 Å². The minimum absolute atomic E-state index is 0.0331. The first-order valence-corrected chi connectivity index (χ1v) is 10.9. The van der Waals surface area contributed by atoms with E-state index in [9.17, 15) is 18.8 Å². The average Bonchev–Trinajstić information content (AvgIpc) is 3.12. The number of nitrogens with one attached hydrogen (secondary N) is 2. The molecular formula is C25H28FN3O3. The quantitative estimate of drug-likeness (QED) is 0.772. The van der Waals surface area contributed by atoms with Gasteiger partial charge in [0.15, 0.2) is 0 Å². The normalized spacial score (nSPS) is 23.2. The molecule has 0 radical (unpaired) electrons. The van der Waals surface area contributed by atoms with E-state index in [1.54, 1.807) is 55.1 Å². The number of hydrogen-bond acceptors (Lipinski definition) is 3. The summed E-state index contributed by atoms with van der Waals surface area (Å²) in [4.78, 5) is 40.2. The molecule has 3 amide bonds. The molecule has 7 heteroatoms. The average molecular weight is 438 g/mol. The molecule has 2 aromatic carbocycles. The first kappa shape index (κ1) is 22.0. The molecule has 0 aromatic heterocycles. The van der Waals surface area contributed by atoms with Crippen LogP contribution in [0.1, 0.15) is 54.9 Å². The number of halogens is 1. The van der Waals surface area contributed by atoms with Crippen LogP contribution in [-0.4, -0.2) is 46.8 Å². The summed E-state index contributed by atoms with van der Waals surface area (Å²) in [5.74, 6) is -1.05. The Kier molecular flexibility index (Phi) is 5.75. The highest BCUT2D eigenvalue weighted by Gasteiger charge is 2.52. The molecule has 0 aliphatic carbocycles. The SMILES string of the molecule is CC(C)(NC(=O)c1ccccc1)C(=O)N1C[C@@H](c2ccc(F)cc2)[C@@]2(CCCC(=O)N2)C1. The molecule has 32 heavy (non-hydrogen) atoms. The van der Waals surface area contributed by atoms with E-state index in [2.05, 4.69) is 10.6 Å². The monoisotopic (exact) mass is 437 g/mol. The minimum atomic E-state index is -1.13. The Hall–Kier alpha value is -3.22. The fourth-order valence-electron chi connectivity index (χ4n) is 4.93. The molecule has 1 spiro atoms. The van der Waals surface area contributed by atoms with E-state index in [1.165, 1.54) is 12.1 Å². The lowest BCUT2D eigenvalue weighted by Crippen LogP contribution is -2.58. The fraction of sp³-hybridized carbons (Fsp3) is 0.400. The molecule has 2 atom stereocenters. The second-order valence-corrected chi connectivity index (χ2v) is 9.29. The topological polar surface area (TPSA) is 78.5 Å². The lowest BCUT2D eigenvalue weighted by molar-refractivity contribution is -0.136. The standard InChI is InChI=1S/C25H28FN3O3/c1-24(2,28-22(31)18-7-4-3-5-8-18)23(32)29-15-20(17-10-12-19(26)13-11-17)25(16-29)14-6-9-21(30)27-25/h3-5,7-8,10-13,20H,6,9,14-16H2,1-2H3,(H,27,30)(H,28,31)/t20-,25+/m0/s1. The van der Waals surface area contributed by atoms with Gasteiger partial charge in [-0.3, -0.25) is 14.4 Å². The first-order chi connectivity index (χ1) is 15.2. The van der Waals surface area contributed by atoms with Crippen LogP contribution in [0.3, 0.4) is 0 Å². The van der Waals surface area contributed by atoms with Gasteiger partial charge in [-0.1, -0.05) is 30.3 Å². The number of likely N-dealkylation sites (tertiary alicyclic amines) is 1. The van der Waals surface area contributed by atoms with Crippen molar-refractivity contribution in [3.63, 3.8) is 0 Å². The highest BCUT2D eigenvalue weighted by molar-refractivity contribution is 5.99. The van der Waals surface area contributed by atoms with Crippen LogP contribution in [-0.2, 0) is 9.59 Å². The van der Waals surface area contributed by atoms with Gasteiger partial charge < -0.3 is 15.5 Å². The number of benzene rings is 2. The number of hydrogen-bond donors (Lipinski definition) is 2. The van der Waals surface area contributed by atoms with Crippen molar-refractivity contribution in [1.29, 1.82) is 0 Å². The Balaban J connectivity index is 1.57. The van der Waals surface area contributed by atoms with Crippen LogP contribution in [0, 0.1) is 5.82 Å². The summed E-state index contributed by atoms with van der Waals surface area (Å²) in [5, 5.41) is 5.99. The van der Waals surface area contributed by atoms with Crippen molar-refractivity contribution in [1.82, 2.24) is 15.5 Å². The van der Waals surface area contributed by atoms with Crippen LogP contribution in [0.15, 0.2) is 54.6 Å². The van der Waals surface area contributed by atoms with E-state index in [0.29, 0.717) is 25.1 Å². The lowest BCUT2D eigenvalue weighted by atomic mass is 9.76. The summed E-state index contributed by atoms with van der Waals surface area (Å²) < 4.78 is 13.5. The van der Waals surface area contributed by atoms with Crippen LogP contribution in [0.5, 0.6) is 0 Å². The molecule has 168 valence electrons.